The van der Waals surface area contributed by atoms with Crippen LogP contribution >= 0.6 is 11.8 Å². The third-order valence-electron chi connectivity index (χ3n) is 2.83. The monoisotopic (exact) mass is 259 g/mol. The third kappa shape index (κ3) is 2.71. The normalized spacial score (nSPS) is 14.9. The zero-order valence-corrected chi connectivity index (χ0v) is 10.9. The highest BCUT2D eigenvalue weighted by molar-refractivity contribution is 8.13. The number of amidine groups is 1. The molecule has 0 bridgehead atoms. The highest BCUT2D eigenvalue weighted by Crippen LogP contribution is 2.26. The molecule has 5 heteroatoms. The average molecular weight is 259 g/mol. The van der Waals surface area contributed by atoms with E-state index in [1.807, 2.05) is 30.6 Å². The summed E-state index contributed by atoms with van der Waals surface area (Å²) >= 11 is 1.36. The Hall–Kier alpha value is -1.80. The van der Waals surface area contributed by atoms with Gasteiger partial charge in [0.15, 0.2) is 17.1 Å². The van der Waals surface area contributed by atoms with Gasteiger partial charge in [0.05, 0.1) is 5.69 Å². The van der Waals surface area contributed by atoms with E-state index in [0.29, 0.717) is 17.3 Å². The number of carbonyl (C=O) groups excluding carboxylic acids is 1. The number of rotatable bonds is 1. The van der Waals surface area contributed by atoms with Crippen molar-refractivity contribution in [3.05, 3.63) is 29.3 Å². The summed E-state index contributed by atoms with van der Waals surface area (Å²) < 4.78 is 0. The molecule has 1 aliphatic carbocycles. The van der Waals surface area contributed by atoms with Gasteiger partial charge in [-0.2, -0.15) is 5.26 Å². The van der Waals surface area contributed by atoms with Gasteiger partial charge in [0, 0.05) is 12.0 Å². The molecular weight excluding hydrogens is 246 g/mol. The Morgan fingerprint density at radius 2 is 2.33 bits per heavy atom. The third-order valence-corrected chi connectivity index (χ3v) is 3.41. The van der Waals surface area contributed by atoms with E-state index in [2.05, 4.69) is 10.3 Å². The van der Waals surface area contributed by atoms with Gasteiger partial charge >= 0.3 is 0 Å². The van der Waals surface area contributed by atoms with Crippen molar-refractivity contribution in [2.45, 2.75) is 19.3 Å². The van der Waals surface area contributed by atoms with E-state index < -0.39 is 0 Å². The lowest BCUT2D eigenvalue weighted by molar-refractivity contribution is 0.0972. The lowest BCUT2D eigenvalue weighted by Crippen LogP contribution is -2.13. The van der Waals surface area contributed by atoms with E-state index in [1.54, 1.807) is 0 Å². The number of Topliss-reactive ketones (excluding diaryl/α,β-unsaturated/α-hetero) is 1. The zero-order chi connectivity index (χ0) is 13.0. The molecule has 0 atom stereocenters. The number of benzene rings is 1. The molecule has 1 aliphatic rings. The number of nitrogens with zero attached hydrogens (tertiary/aromatic N) is 2. The minimum Gasteiger partial charge on any atom is -0.294 e. The Balaban J connectivity index is 2.34. The van der Waals surface area contributed by atoms with Crippen LogP contribution in [0.2, 0.25) is 0 Å². The van der Waals surface area contributed by atoms with Crippen molar-refractivity contribution in [2.75, 3.05) is 6.26 Å². The van der Waals surface area contributed by atoms with Crippen molar-refractivity contribution in [1.29, 1.82) is 5.26 Å². The molecule has 0 aromatic heterocycles. The van der Waals surface area contributed by atoms with Crippen molar-refractivity contribution >= 4 is 28.4 Å². The minimum atomic E-state index is 0.187. The molecule has 0 saturated heterocycles. The fourth-order valence-corrected chi connectivity index (χ4v) is 2.32. The quantitative estimate of drug-likeness (QED) is 0.364. The van der Waals surface area contributed by atoms with Crippen molar-refractivity contribution in [2.24, 2.45) is 4.99 Å². The van der Waals surface area contributed by atoms with E-state index in [1.165, 1.54) is 11.8 Å². The zero-order valence-electron chi connectivity index (χ0n) is 10.1. The van der Waals surface area contributed by atoms with Crippen LogP contribution in [0.3, 0.4) is 0 Å². The molecule has 0 amide bonds. The molecule has 0 saturated carbocycles. The Morgan fingerprint density at radius 1 is 1.50 bits per heavy atom. The van der Waals surface area contributed by atoms with Crippen molar-refractivity contribution in [3.8, 4) is 6.19 Å². The average Bonchev–Trinajstić information content (AvgIpc) is 2.39. The molecule has 0 unspecified atom stereocenters. The maximum atomic E-state index is 11.8. The molecule has 0 aliphatic heterocycles. The summed E-state index contributed by atoms with van der Waals surface area (Å²) in [7, 11) is 0. The summed E-state index contributed by atoms with van der Waals surface area (Å²) in [6.07, 6.45) is 6.18. The van der Waals surface area contributed by atoms with Gasteiger partial charge < -0.3 is 0 Å². The fourth-order valence-electron chi connectivity index (χ4n) is 1.98. The van der Waals surface area contributed by atoms with E-state index in [-0.39, 0.29) is 5.78 Å². The molecule has 1 N–H and O–H groups in total. The highest BCUT2D eigenvalue weighted by atomic mass is 32.2. The Labute approximate surface area is 110 Å². The van der Waals surface area contributed by atoms with Crippen LogP contribution in [-0.4, -0.2) is 17.2 Å². The van der Waals surface area contributed by atoms with Crippen LogP contribution in [-0.2, 0) is 6.42 Å². The summed E-state index contributed by atoms with van der Waals surface area (Å²) in [4.78, 5) is 16.1. The van der Waals surface area contributed by atoms with Crippen LogP contribution in [0.4, 0.5) is 5.69 Å². The first-order valence-corrected chi connectivity index (χ1v) is 6.91. The van der Waals surface area contributed by atoms with Gasteiger partial charge in [-0.1, -0.05) is 17.8 Å². The van der Waals surface area contributed by atoms with Gasteiger partial charge in [0.1, 0.15) is 0 Å². The number of fused-ring (bicyclic) bond motifs is 1. The fraction of sp³-hybridized carbons (Fsp3) is 0.308. The van der Waals surface area contributed by atoms with Gasteiger partial charge in [0.2, 0.25) is 0 Å². The molecule has 1 aromatic carbocycles. The topological polar surface area (TPSA) is 65.2 Å². The Morgan fingerprint density at radius 3 is 3.06 bits per heavy atom. The number of nitriles is 1. The van der Waals surface area contributed by atoms with Gasteiger partial charge in [-0.3, -0.25) is 10.1 Å². The Bertz CT molecular complexity index is 546. The largest absolute Gasteiger partial charge is 0.294 e. The van der Waals surface area contributed by atoms with E-state index in [4.69, 9.17) is 5.26 Å². The second-order valence-electron chi connectivity index (χ2n) is 3.98. The molecule has 18 heavy (non-hydrogen) atoms. The molecular formula is C13H13N3OS. The first kappa shape index (κ1) is 12.7. The lowest BCUT2D eigenvalue weighted by Gasteiger charge is -2.14. The maximum Gasteiger partial charge on any atom is 0.183 e. The molecule has 1 aromatic rings. The van der Waals surface area contributed by atoms with Crippen LogP contribution in [0.5, 0.6) is 0 Å². The Kier molecular flexibility index (Phi) is 4.00. The summed E-state index contributed by atoms with van der Waals surface area (Å²) in [6, 6.07) is 5.65. The predicted molar refractivity (Wildman–Crippen MR) is 73.1 cm³/mol. The van der Waals surface area contributed by atoms with Gasteiger partial charge in [0.25, 0.3) is 0 Å². The number of carbonyl (C=O) groups is 1. The minimum absolute atomic E-state index is 0.187. The molecule has 0 fully saturated rings. The van der Waals surface area contributed by atoms with Crippen molar-refractivity contribution < 1.29 is 4.79 Å². The first-order valence-electron chi connectivity index (χ1n) is 5.68. The molecule has 0 heterocycles. The lowest BCUT2D eigenvalue weighted by atomic mass is 9.90. The number of aryl methyl sites for hydroxylation is 1. The number of hydrogen-bond donors (Lipinski definition) is 1. The van der Waals surface area contributed by atoms with Crippen LogP contribution < -0.4 is 5.32 Å². The molecule has 92 valence electrons. The molecule has 0 spiro atoms. The van der Waals surface area contributed by atoms with Gasteiger partial charge in [-0.25, -0.2) is 4.99 Å². The standard InChI is InChI=1S/C13H13N3OS/c1-18-13(15-8-14)16-10-6-5-9-3-2-4-12(17)11(9)7-10/h5-7H,2-4H2,1H3,(H,15,16). The van der Waals surface area contributed by atoms with Crippen LogP contribution in [0.25, 0.3) is 0 Å². The second kappa shape index (κ2) is 5.69. The highest BCUT2D eigenvalue weighted by Gasteiger charge is 2.17. The number of thioether (sulfide) groups is 1. The van der Waals surface area contributed by atoms with Gasteiger partial charge in [-0.15, -0.1) is 0 Å². The predicted octanol–water partition coefficient (Wildman–Crippen LogP) is 2.63. The summed E-state index contributed by atoms with van der Waals surface area (Å²) in [6.45, 7) is 0. The number of aliphatic imine (C=N–C) groups is 1. The van der Waals surface area contributed by atoms with Crippen molar-refractivity contribution in [1.82, 2.24) is 5.32 Å². The number of nitrogens with one attached hydrogen (secondary N) is 1. The molecule has 0 radical (unpaired) electrons. The second-order valence-corrected chi connectivity index (χ2v) is 4.77. The first-order chi connectivity index (χ1) is 8.74. The molecule has 4 nitrogen and oxygen atoms in total. The van der Waals surface area contributed by atoms with E-state index in [9.17, 15) is 4.79 Å². The molecule has 2 rings (SSSR count). The van der Waals surface area contributed by atoms with Crippen molar-refractivity contribution in [3.63, 3.8) is 0 Å². The SMILES string of the molecule is CSC(=Nc1ccc2c(c1)C(=O)CCC2)NC#N. The van der Waals surface area contributed by atoms with Crippen LogP contribution in [0.1, 0.15) is 28.8 Å². The summed E-state index contributed by atoms with van der Waals surface area (Å²) in [5.74, 6) is 0.187. The maximum absolute atomic E-state index is 11.8. The summed E-state index contributed by atoms with van der Waals surface area (Å²) in [5.41, 5.74) is 2.58. The summed E-state index contributed by atoms with van der Waals surface area (Å²) in [5, 5.41) is 11.6. The number of ketones is 1. The van der Waals surface area contributed by atoms with E-state index in [0.717, 1.165) is 24.0 Å². The van der Waals surface area contributed by atoms with Crippen LogP contribution in [0.15, 0.2) is 23.2 Å². The smallest absolute Gasteiger partial charge is 0.183 e. The van der Waals surface area contributed by atoms with Gasteiger partial charge in [-0.05, 0) is 36.8 Å². The van der Waals surface area contributed by atoms with E-state index >= 15 is 0 Å². The van der Waals surface area contributed by atoms with Crippen LogP contribution in [0, 0.1) is 11.5 Å². The number of hydrogen-bond acceptors (Lipinski definition) is 4.